The van der Waals surface area contributed by atoms with Crippen molar-refractivity contribution >= 4 is 15.9 Å². The van der Waals surface area contributed by atoms with Crippen LogP contribution in [0.15, 0.2) is 22.7 Å². The molecule has 3 nitrogen and oxygen atoms in total. The normalized spacial score (nSPS) is 32.9. The molecule has 1 N–H and O–H groups in total. The SMILES string of the molecule is COc1cc(Br)c2c3c1O[C@@H]1C[C@@H](C)C=C[C@]31CCNC2. The third kappa shape index (κ3) is 1.82. The van der Waals surface area contributed by atoms with Crippen LogP contribution in [0.4, 0.5) is 0 Å². The molecule has 1 aliphatic carbocycles. The molecule has 112 valence electrons. The Bertz CT molecular complexity index is 628. The van der Waals surface area contributed by atoms with Crippen LogP contribution in [-0.2, 0) is 12.0 Å². The number of hydrogen-bond acceptors (Lipinski definition) is 3. The second-order valence-corrected chi connectivity index (χ2v) is 7.24. The van der Waals surface area contributed by atoms with Gasteiger partial charge in [0.05, 0.1) is 12.5 Å². The van der Waals surface area contributed by atoms with Crippen molar-refractivity contribution in [3.63, 3.8) is 0 Å². The first-order valence-electron chi connectivity index (χ1n) is 7.62. The number of benzene rings is 1. The zero-order valence-electron chi connectivity index (χ0n) is 12.4. The van der Waals surface area contributed by atoms with E-state index in [-0.39, 0.29) is 11.5 Å². The number of halogens is 1. The zero-order valence-corrected chi connectivity index (χ0v) is 14.0. The fourth-order valence-corrected chi connectivity index (χ4v) is 4.62. The summed E-state index contributed by atoms with van der Waals surface area (Å²) in [4.78, 5) is 0. The van der Waals surface area contributed by atoms with Crippen molar-refractivity contribution in [1.82, 2.24) is 5.32 Å². The molecule has 0 aromatic heterocycles. The third-order valence-corrected chi connectivity index (χ3v) is 5.85. The van der Waals surface area contributed by atoms with Gasteiger partial charge in [0.1, 0.15) is 6.10 Å². The summed E-state index contributed by atoms with van der Waals surface area (Å²) >= 11 is 3.72. The highest BCUT2D eigenvalue weighted by molar-refractivity contribution is 9.10. The summed E-state index contributed by atoms with van der Waals surface area (Å²) in [6.07, 6.45) is 7.15. The van der Waals surface area contributed by atoms with Gasteiger partial charge in [0.15, 0.2) is 11.5 Å². The fraction of sp³-hybridized carbons (Fsp3) is 0.529. The van der Waals surface area contributed by atoms with Gasteiger partial charge in [0.25, 0.3) is 0 Å². The summed E-state index contributed by atoms with van der Waals surface area (Å²) in [6, 6.07) is 2.04. The van der Waals surface area contributed by atoms with Crippen LogP contribution in [0.5, 0.6) is 11.5 Å². The van der Waals surface area contributed by atoms with E-state index in [0.717, 1.165) is 41.9 Å². The van der Waals surface area contributed by atoms with Crippen LogP contribution >= 0.6 is 15.9 Å². The van der Waals surface area contributed by atoms with Crippen molar-refractivity contribution in [3.8, 4) is 11.5 Å². The maximum Gasteiger partial charge on any atom is 0.166 e. The van der Waals surface area contributed by atoms with Gasteiger partial charge >= 0.3 is 0 Å². The minimum atomic E-state index is 0.0116. The quantitative estimate of drug-likeness (QED) is 0.786. The van der Waals surface area contributed by atoms with Crippen LogP contribution in [0.3, 0.4) is 0 Å². The van der Waals surface area contributed by atoms with Gasteiger partial charge in [-0.05, 0) is 36.9 Å². The molecule has 0 amide bonds. The molecular weight excluding hydrogens is 330 g/mol. The van der Waals surface area contributed by atoms with E-state index in [2.05, 4.69) is 40.3 Å². The first kappa shape index (κ1) is 13.6. The second-order valence-electron chi connectivity index (χ2n) is 6.39. The Morgan fingerprint density at radius 2 is 2.33 bits per heavy atom. The molecule has 0 radical (unpaired) electrons. The lowest BCUT2D eigenvalue weighted by Gasteiger charge is -2.36. The molecular formula is C17H20BrNO2. The Labute approximate surface area is 133 Å². The Kier molecular flexibility index (Phi) is 3.09. The Hall–Kier alpha value is -1.00. The molecule has 0 saturated heterocycles. The monoisotopic (exact) mass is 349 g/mol. The van der Waals surface area contributed by atoms with Crippen molar-refractivity contribution in [3.05, 3.63) is 33.8 Å². The topological polar surface area (TPSA) is 30.5 Å². The lowest BCUT2D eigenvalue weighted by molar-refractivity contribution is 0.133. The number of ether oxygens (including phenoxy) is 2. The van der Waals surface area contributed by atoms with Gasteiger partial charge in [-0.3, -0.25) is 0 Å². The second kappa shape index (κ2) is 4.75. The maximum absolute atomic E-state index is 6.40. The van der Waals surface area contributed by atoms with Gasteiger partial charge in [0, 0.05) is 16.6 Å². The van der Waals surface area contributed by atoms with Crippen LogP contribution in [0, 0.1) is 5.92 Å². The van der Waals surface area contributed by atoms with E-state index in [0.29, 0.717) is 5.92 Å². The molecule has 1 spiro atoms. The summed E-state index contributed by atoms with van der Waals surface area (Å²) in [5.74, 6) is 2.38. The number of rotatable bonds is 1. The zero-order chi connectivity index (χ0) is 14.6. The highest BCUT2D eigenvalue weighted by Gasteiger charge is 2.52. The number of methoxy groups -OCH3 is 1. The molecule has 1 aromatic carbocycles. The molecule has 4 heteroatoms. The van der Waals surface area contributed by atoms with Crippen LogP contribution in [0.1, 0.15) is 30.9 Å². The first-order chi connectivity index (χ1) is 10.2. The fourth-order valence-electron chi connectivity index (χ4n) is 4.07. The Morgan fingerprint density at radius 3 is 3.14 bits per heavy atom. The van der Waals surface area contributed by atoms with Crippen LogP contribution in [0.2, 0.25) is 0 Å². The van der Waals surface area contributed by atoms with Gasteiger partial charge in [-0.15, -0.1) is 0 Å². The maximum atomic E-state index is 6.40. The summed E-state index contributed by atoms with van der Waals surface area (Å²) in [6.45, 7) is 4.16. The summed E-state index contributed by atoms with van der Waals surface area (Å²) in [5, 5.41) is 3.55. The number of hydrogen-bond donors (Lipinski definition) is 1. The molecule has 21 heavy (non-hydrogen) atoms. The molecule has 2 aliphatic heterocycles. The third-order valence-electron chi connectivity index (χ3n) is 5.14. The minimum Gasteiger partial charge on any atom is -0.493 e. The van der Waals surface area contributed by atoms with E-state index < -0.39 is 0 Å². The predicted molar refractivity (Wildman–Crippen MR) is 86.0 cm³/mol. The van der Waals surface area contributed by atoms with Crippen LogP contribution in [0.25, 0.3) is 0 Å². The summed E-state index contributed by atoms with van der Waals surface area (Å²) < 4.78 is 13.1. The molecule has 1 aromatic rings. The lowest BCUT2D eigenvalue weighted by Crippen LogP contribution is -2.41. The van der Waals surface area contributed by atoms with Crippen LogP contribution < -0.4 is 14.8 Å². The average molecular weight is 350 g/mol. The minimum absolute atomic E-state index is 0.0116. The van der Waals surface area contributed by atoms with E-state index in [9.17, 15) is 0 Å². The summed E-state index contributed by atoms with van der Waals surface area (Å²) in [5.41, 5.74) is 2.68. The standard InChI is InChI=1S/C17H20BrNO2/c1-10-3-4-17-5-6-19-9-11-12(18)8-13(20-2)16(15(11)17)21-14(17)7-10/h3-4,8,10,14,19H,5-7,9H2,1-2H3/t10-,14+,17+/m0/s1. The number of allylic oxidation sites excluding steroid dienone is 1. The molecule has 0 bridgehead atoms. The molecule has 0 unspecified atom stereocenters. The molecule has 3 atom stereocenters. The van der Waals surface area contributed by atoms with Crippen molar-refractivity contribution in [1.29, 1.82) is 0 Å². The highest BCUT2D eigenvalue weighted by atomic mass is 79.9. The van der Waals surface area contributed by atoms with E-state index in [1.165, 1.54) is 11.1 Å². The molecule has 4 rings (SSSR count). The van der Waals surface area contributed by atoms with Gasteiger partial charge in [-0.2, -0.15) is 0 Å². The molecule has 3 aliphatic rings. The highest BCUT2D eigenvalue weighted by Crippen LogP contribution is 2.57. The van der Waals surface area contributed by atoms with Gasteiger partial charge < -0.3 is 14.8 Å². The van der Waals surface area contributed by atoms with Gasteiger partial charge in [-0.1, -0.05) is 35.0 Å². The van der Waals surface area contributed by atoms with E-state index in [4.69, 9.17) is 9.47 Å². The van der Waals surface area contributed by atoms with Gasteiger partial charge in [-0.25, -0.2) is 0 Å². The average Bonchev–Trinajstić information content (AvgIpc) is 2.67. The molecule has 2 heterocycles. The molecule has 0 saturated carbocycles. The van der Waals surface area contributed by atoms with E-state index >= 15 is 0 Å². The number of nitrogens with one attached hydrogen (secondary N) is 1. The van der Waals surface area contributed by atoms with Crippen molar-refractivity contribution in [2.45, 2.75) is 37.8 Å². The first-order valence-corrected chi connectivity index (χ1v) is 8.41. The van der Waals surface area contributed by atoms with Crippen molar-refractivity contribution < 1.29 is 9.47 Å². The smallest absolute Gasteiger partial charge is 0.166 e. The van der Waals surface area contributed by atoms with Crippen molar-refractivity contribution in [2.24, 2.45) is 5.92 Å². The molecule has 0 fully saturated rings. The van der Waals surface area contributed by atoms with Crippen LogP contribution in [-0.4, -0.2) is 19.8 Å². The van der Waals surface area contributed by atoms with E-state index in [1.807, 2.05) is 6.07 Å². The largest absolute Gasteiger partial charge is 0.493 e. The Morgan fingerprint density at radius 1 is 1.48 bits per heavy atom. The van der Waals surface area contributed by atoms with Gasteiger partial charge in [0.2, 0.25) is 0 Å². The predicted octanol–water partition coefficient (Wildman–Crippen LogP) is 3.55. The lowest BCUT2D eigenvalue weighted by atomic mass is 9.68. The van der Waals surface area contributed by atoms with Crippen molar-refractivity contribution in [2.75, 3.05) is 13.7 Å². The Balaban J connectivity index is 2.00. The summed E-state index contributed by atoms with van der Waals surface area (Å²) in [7, 11) is 1.72. The van der Waals surface area contributed by atoms with E-state index in [1.54, 1.807) is 7.11 Å².